The first kappa shape index (κ1) is 10.6. The fraction of sp³-hybridized carbons (Fsp3) is 0.600. The van der Waals surface area contributed by atoms with Gasteiger partial charge >= 0.3 is 5.97 Å². The maximum Gasteiger partial charge on any atom is 0.312 e. The Morgan fingerprint density at radius 2 is 2.67 bits per heavy atom. The molecule has 4 nitrogen and oxygen atoms in total. The lowest BCUT2D eigenvalue weighted by molar-refractivity contribution is -0.151. The zero-order valence-electron chi connectivity index (χ0n) is 8.47. The van der Waals surface area contributed by atoms with Crippen molar-refractivity contribution in [2.45, 2.75) is 25.9 Å². The lowest BCUT2D eigenvalue weighted by Crippen LogP contribution is -2.39. The third-order valence-electron chi connectivity index (χ3n) is 3.09. The van der Waals surface area contributed by atoms with Crippen molar-refractivity contribution < 1.29 is 14.6 Å². The van der Waals surface area contributed by atoms with Crippen molar-refractivity contribution in [1.82, 2.24) is 4.98 Å². The molecule has 2 atom stereocenters. The molecule has 2 unspecified atom stereocenters. The van der Waals surface area contributed by atoms with Crippen LogP contribution in [-0.4, -0.2) is 28.8 Å². The highest BCUT2D eigenvalue weighted by molar-refractivity contribution is 7.09. The summed E-state index contributed by atoms with van der Waals surface area (Å²) in [5, 5.41) is 9.34. The predicted octanol–water partition coefficient (Wildman–Crippen LogP) is 1.57. The van der Waals surface area contributed by atoms with E-state index in [0.717, 1.165) is 4.88 Å². The van der Waals surface area contributed by atoms with E-state index in [9.17, 15) is 9.90 Å². The average molecular weight is 227 g/mol. The number of carbonyl (C=O) groups is 1. The number of hydrogen-bond donors (Lipinski definition) is 1. The van der Waals surface area contributed by atoms with Crippen molar-refractivity contribution >= 4 is 17.3 Å². The van der Waals surface area contributed by atoms with E-state index < -0.39 is 11.4 Å². The molecular weight excluding hydrogens is 214 g/mol. The highest BCUT2D eigenvalue weighted by Gasteiger charge is 2.48. The van der Waals surface area contributed by atoms with Crippen LogP contribution in [-0.2, 0) is 16.0 Å². The summed E-state index contributed by atoms with van der Waals surface area (Å²) in [6.45, 7) is 2.37. The largest absolute Gasteiger partial charge is 0.481 e. The van der Waals surface area contributed by atoms with Gasteiger partial charge in [0, 0.05) is 24.1 Å². The fourth-order valence-corrected chi connectivity index (χ4v) is 2.73. The molecule has 2 heterocycles. The lowest BCUT2D eigenvalue weighted by atomic mass is 9.78. The molecule has 82 valence electrons. The third kappa shape index (κ3) is 1.77. The number of carboxylic acids is 1. The van der Waals surface area contributed by atoms with Gasteiger partial charge in [0.25, 0.3) is 0 Å². The molecular formula is C10H13NO3S. The third-order valence-corrected chi connectivity index (χ3v) is 3.87. The lowest BCUT2D eigenvalue weighted by Gasteiger charge is -2.26. The Morgan fingerprint density at radius 3 is 3.13 bits per heavy atom. The Bertz CT molecular complexity index is 352. The molecule has 1 aromatic rings. The summed E-state index contributed by atoms with van der Waals surface area (Å²) in [6.07, 6.45) is 2.62. The maximum atomic E-state index is 11.4. The molecule has 1 aromatic heterocycles. The van der Waals surface area contributed by atoms with Crippen LogP contribution in [0.2, 0.25) is 0 Å². The summed E-state index contributed by atoms with van der Waals surface area (Å²) in [7, 11) is 0. The van der Waals surface area contributed by atoms with Crippen molar-refractivity contribution in [3.63, 3.8) is 0 Å². The molecule has 5 heteroatoms. The van der Waals surface area contributed by atoms with Gasteiger partial charge in [0.1, 0.15) is 5.41 Å². The number of aromatic nitrogens is 1. The van der Waals surface area contributed by atoms with Crippen molar-refractivity contribution in [1.29, 1.82) is 0 Å². The van der Waals surface area contributed by atoms with Crippen LogP contribution in [0.3, 0.4) is 0 Å². The summed E-state index contributed by atoms with van der Waals surface area (Å²) in [6, 6.07) is 0. The molecule has 1 N–H and O–H groups in total. The van der Waals surface area contributed by atoms with E-state index >= 15 is 0 Å². The minimum atomic E-state index is -0.763. The minimum Gasteiger partial charge on any atom is -0.481 e. The first-order valence-corrected chi connectivity index (χ1v) is 5.75. The Labute approximate surface area is 91.9 Å². The van der Waals surface area contributed by atoms with E-state index in [1.54, 1.807) is 11.7 Å². The molecule has 0 radical (unpaired) electrons. The van der Waals surface area contributed by atoms with Gasteiger partial charge in [-0.15, -0.1) is 11.3 Å². The van der Waals surface area contributed by atoms with Crippen LogP contribution in [0.4, 0.5) is 0 Å². The molecule has 0 saturated carbocycles. The summed E-state index contributed by atoms with van der Waals surface area (Å²) in [5.74, 6) is -0.763. The van der Waals surface area contributed by atoms with Gasteiger partial charge in [-0.05, 0) is 13.3 Å². The number of aliphatic carboxylic acids is 1. The van der Waals surface area contributed by atoms with Gasteiger partial charge in [0.2, 0.25) is 0 Å². The SMILES string of the molecule is CC1OCCC1(Cc1cncs1)C(=O)O. The molecule has 0 bridgehead atoms. The van der Waals surface area contributed by atoms with Crippen LogP contribution < -0.4 is 0 Å². The smallest absolute Gasteiger partial charge is 0.312 e. The second kappa shape index (κ2) is 3.90. The number of carboxylic acid groups (broad SMARTS) is 1. The molecule has 2 rings (SSSR count). The number of rotatable bonds is 3. The van der Waals surface area contributed by atoms with Gasteiger partial charge in [-0.25, -0.2) is 0 Å². The zero-order chi connectivity index (χ0) is 10.9. The number of hydrogen-bond acceptors (Lipinski definition) is 4. The van der Waals surface area contributed by atoms with Crippen LogP contribution >= 0.6 is 11.3 Å². The van der Waals surface area contributed by atoms with Gasteiger partial charge in [0.15, 0.2) is 0 Å². The average Bonchev–Trinajstić information content (AvgIpc) is 2.78. The standard InChI is InChI=1S/C10H13NO3S/c1-7-10(9(12)13,2-3-14-7)4-8-5-11-6-15-8/h5-7H,2-4H2,1H3,(H,12,13). The van der Waals surface area contributed by atoms with Crippen molar-refractivity contribution in [2.24, 2.45) is 5.41 Å². The van der Waals surface area contributed by atoms with Crippen molar-refractivity contribution in [2.75, 3.05) is 6.61 Å². The fourth-order valence-electron chi connectivity index (χ4n) is 2.01. The highest BCUT2D eigenvalue weighted by Crippen LogP contribution is 2.39. The summed E-state index contributed by atoms with van der Waals surface area (Å²) < 4.78 is 5.38. The van der Waals surface area contributed by atoms with Crippen molar-refractivity contribution in [3.8, 4) is 0 Å². The van der Waals surface area contributed by atoms with Gasteiger partial charge < -0.3 is 9.84 Å². The van der Waals surface area contributed by atoms with E-state index in [1.807, 2.05) is 6.92 Å². The van der Waals surface area contributed by atoms with Gasteiger partial charge in [0.05, 0.1) is 11.6 Å². The monoisotopic (exact) mass is 227 g/mol. The first-order valence-electron chi connectivity index (χ1n) is 4.87. The molecule has 1 fully saturated rings. The molecule has 1 aliphatic rings. The Balaban J connectivity index is 2.24. The molecule has 0 spiro atoms. The maximum absolute atomic E-state index is 11.4. The second-order valence-corrected chi connectivity index (χ2v) is 4.84. The summed E-state index contributed by atoms with van der Waals surface area (Å²) in [5.41, 5.74) is 0.970. The first-order chi connectivity index (χ1) is 7.15. The Kier molecular flexibility index (Phi) is 2.75. The molecule has 1 saturated heterocycles. The molecule has 15 heavy (non-hydrogen) atoms. The van der Waals surface area contributed by atoms with Gasteiger partial charge in [-0.2, -0.15) is 0 Å². The normalized spacial score (nSPS) is 30.6. The number of thiazole rings is 1. The number of ether oxygens (including phenoxy) is 1. The van der Waals surface area contributed by atoms with E-state index in [2.05, 4.69) is 4.98 Å². The van der Waals surface area contributed by atoms with Crippen LogP contribution in [0.25, 0.3) is 0 Å². The van der Waals surface area contributed by atoms with E-state index in [1.165, 1.54) is 11.3 Å². The summed E-state index contributed by atoms with van der Waals surface area (Å²) in [4.78, 5) is 16.3. The molecule has 0 aliphatic carbocycles. The van der Waals surface area contributed by atoms with E-state index in [-0.39, 0.29) is 6.10 Å². The van der Waals surface area contributed by atoms with Crippen molar-refractivity contribution in [3.05, 3.63) is 16.6 Å². The van der Waals surface area contributed by atoms with E-state index in [4.69, 9.17) is 4.74 Å². The van der Waals surface area contributed by atoms with Crippen LogP contribution in [0.15, 0.2) is 11.7 Å². The molecule has 0 aromatic carbocycles. The molecule has 1 aliphatic heterocycles. The van der Waals surface area contributed by atoms with Crippen LogP contribution in [0.5, 0.6) is 0 Å². The Hall–Kier alpha value is -0.940. The van der Waals surface area contributed by atoms with Crippen LogP contribution in [0, 0.1) is 5.41 Å². The Morgan fingerprint density at radius 1 is 1.87 bits per heavy atom. The van der Waals surface area contributed by atoms with E-state index in [0.29, 0.717) is 19.4 Å². The highest BCUT2D eigenvalue weighted by atomic mass is 32.1. The predicted molar refractivity (Wildman–Crippen MR) is 55.9 cm³/mol. The van der Waals surface area contributed by atoms with Gasteiger partial charge in [-0.1, -0.05) is 0 Å². The quantitative estimate of drug-likeness (QED) is 0.851. The molecule has 0 amide bonds. The number of nitrogens with zero attached hydrogens (tertiary/aromatic N) is 1. The second-order valence-electron chi connectivity index (χ2n) is 3.87. The topological polar surface area (TPSA) is 59.4 Å². The zero-order valence-corrected chi connectivity index (χ0v) is 9.29. The summed E-state index contributed by atoms with van der Waals surface area (Å²) >= 11 is 1.50. The van der Waals surface area contributed by atoms with Crippen LogP contribution in [0.1, 0.15) is 18.2 Å². The van der Waals surface area contributed by atoms with Gasteiger partial charge in [-0.3, -0.25) is 9.78 Å². The minimum absolute atomic E-state index is 0.225.